The van der Waals surface area contributed by atoms with E-state index in [2.05, 4.69) is 0 Å². The molecule has 2 fully saturated rings. The maximum atomic E-state index is 13.1. The van der Waals surface area contributed by atoms with Gasteiger partial charge in [-0.15, -0.1) is 0 Å². The number of hydrogen-bond donors (Lipinski definition) is 0. The summed E-state index contributed by atoms with van der Waals surface area (Å²) in [7, 11) is 0. The maximum absolute atomic E-state index is 13.1. The van der Waals surface area contributed by atoms with E-state index >= 15 is 0 Å². The summed E-state index contributed by atoms with van der Waals surface area (Å²) in [5.74, 6) is -1.56. The lowest BCUT2D eigenvalue weighted by atomic mass is 10.1. The van der Waals surface area contributed by atoms with Crippen molar-refractivity contribution in [2.75, 3.05) is 18.1 Å². The zero-order valence-electron chi connectivity index (χ0n) is 13.4. The predicted octanol–water partition coefficient (Wildman–Crippen LogP) is 1.49. The average Bonchev–Trinajstić information content (AvgIpc) is 3.14. The van der Waals surface area contributed by atoms with Crippen LogP contribution in [0.15, 0.2) is 24.3 Å². The SMILES string of the molecule is CC(=O)N(CC1CCCO1)C1CC(=O)N(c2ccc(F)cc2)C1=O. The Morgan fingerprint density at radius 2 is 2.04 bits per heavy atom. The number of carbonyl (C=O) groups is 3. The van der Waals surface area contributed by atoms with Crippen molar-refractivity contribution in [2.45, 2.75) is 38.3 Å². The van der Waals surface area contributed by atoms with Gasteiger partial charge >= 0.3 is 0 Å². The number of amides is 3. The van der Waals surface area contributed by atoms with Crippen LogP contribution in [-0.4, -0.2) is 47.9 Å². The highest BCUT2D eigenvalue weighted by atomic mass is 19.1. The Hall–Kier alpha value is -2.28. The molecule has 0 aliphatic carbocycles. The number of imide groups is 1. The average molecular weight is 334 g/mol. The number of nitrogens with zero attached hydrogens (tertiary/aromatic N) is 2. The van der Waals surface area contributed by atoms with Crippen molar-refractivity contribution in [3.63, 3.8) is 0 Å². The van der Waals surface area contributed by atoms with Crippen LogP contribution in [0.5, 0.6) is 0 Å². The van der Waals surface area contributed by atoms with Gasteiger partial charge in [0.2, 0.25) is 11.8 Å². The fraction of sp³-hybridized carbons (Fsp3) is 0.471. The molecule has 3 amide bonds. The Kier molecular flexibility index (Phi) is 4.62. The number of hydrogen-bond acceptors (Lipinski definition) is 4. The Morgan fingerprint density at radius 3 is 2.62 bits per heavy atom. The Labute approximate surface area is 139 Å². The quantitative estimate of drug-likeness (QED) is 0.783. The second kappa shape index (κ2) is 6.68. The van der Waals surface area contributed by atoms with Crippen LogP contribution in [0.3, 0.4) is 0 Å². The Morgan fingerprint density at radius 1 is 1.33 bits per heavy atom. The predicted molar refractivity (Wildman–Crippen MR) is 83.7 cm³/mol. The molecule has 2 aliphatic rings. The molecule has 2 heterocycles. The summed E-state index contributed by atoms with van der Waals surface area (Å²) in [6.07, 6.45) is 1.59. The van der Waals surface area contributed by atoms with Crippen LogP contribution in [0.1, 0.15) is 26.2 Å². The van der Waals surface area contributed by atoms with Gasteiger partial charge in [0.1, 0.15) is 11.9 Å². The van der Waals surface area contributed by atoms with Gasteiger partial charge in [-0.25, -0.2) is 9.29 Å². The monoisotopic (exact) mass is 334 g/mol. The molecular formula is C17H19FN2O4. The van der Waals surface area contributed by atoms with E-state index in [1.165, 1.54) is 36.1 Å². The fourth-order valence-electron chi connectivity index (χ4n) is 3.20. The van der Waals surface area contributed by atoms with E-state index in [1.807, 2.05) is 0 Å². The molecule has 6 nitrogen and oxygen atoms in total. The van der Waals surface area contributed by atoms with Crippen molar-refractivity contribution in [1.29, 1.82) is 0 Å². The number of rotatable bonds is 4. The minimum atomic E-state index is -0.829. The van der Waals surface area contributed by atoms with Crippen LogP contribution in [0.2, 0.25) is 0 Å². The molecule has 3 rings (SSSR count). The molecule has 2 saturated heterocycles. The van der Waals surface area contributed by atoms with Crippen LogP contribution in [0.4, 0.5) is 10.1 Å². The fourth-order valence-corrected chi connectivity index (χ4v) is 3.20. The first-order valence-corrected chi connectivity index (χ1v) is 7.98. The molecule has 2 unspecified atom stereocenters. The molecule has 2 aliphatic heterocycles. The largest absolute Gasteiger partial charge is 0.376 e. The van der Waals surface area contributed by atoms with Gasteiger partial charge in [0.05, 0.1) is 18.2 Å². The number of benzene rings is 1. The normalized spacial score (nSPS) is 23.8. The van der Waals surface area contributed by atoms with Crippen molar-refractivity contribution in [3.05, 3.63) is 30.1 Å². The van der Waals surface area contributed by atoms with Crippen molar-refractivity contribution in [2.24, 2.45) is 0 Å². The molecule has 0 radical (unpaired) electrons. The van der Waals surface area contributed by atoms with Gasteiger partial charge in [0.15, 0.2) is 0 Å². The van der Waals surface area contributed by atoms with E-state index in [9.17, 15) is 18.8 Å². The van der Waals surface area contributed by atoms with Crippen LogP contribution < -0.4 is 4.90 Å². The van der Waals surface area contributed by atoms with Crippen LogP contribution in [0, 0.1) is 5.82 Å². The lowest BCUT2D eigenvalue weighted by molar-refractivity contribution is -0.138. The first-order chi connectivity index (χ1) is 11.5. The van der Waals surface area contributed by atoms with E-state index in [1.54, 1.807) is 0 Å². The first-order valence-electron chi connectivity index (χ1n) is 7.98. The molecule has 0 spiro atoms. The van der Waals surface area contributed by atoms with E-state index in [4.69, 9.17) is 4.74 Å². The zero-order chi connectivity index (χ0) is 17.3. The molecule has 0 saturated carbocycles. The van der Waals surface area contributed by atoms with Crippen molar-refractivity contribution in [1.82, 2.24) is 4.90 Å². The number of halogens is 1. The maximum Gasteiger partial charge on any atom is 0.257 e. The van der Waals surface area contributed by atoms with Crippen LogP contribution in [0.25, 0.3) is 0 Å². The second-order valence-electron chi connectivity index (χ2n) is 6.07. The summed E-state index contributed by atoms with van der Waals surface area (Å²) in [6.45, 7) is 2.33. The molecule has 128 valence electrons. The minimum Gasteiger partial charge on any atom is -0.376 e. The highest BCUT2D eigenvalue weighted by Gasteiger charge is 2.44. The molecule has 1 aromatic carbocycles. The third-order valence-corrected chi connectivity index (χ3v) is 4.41. The highest BCUT2D eigenvalue weighted by Crippen LogP contribution is 2.27. The van der Waals surface area contributed by atoms with Gasteiger partial charge < -0.3 is 9.64 Å². The van der Waals surface area contributed by atoms with E-state index < -0.39 is 23.7 Å². The van der Waals surface area contributed by atoms with Gasteiger partial charge in [-0.3, -0.25) is 14.4 Å². The third-order valence-electron chi connectivity index (χ3n) is 4.41. The molecule has 24 heavy (non-hydrogen) atoms. The third kappa shape index (κ3) is 3.17. The molecule has 1 aromatic rings. The van der Waals surface area contributed by atoms with Gasteiger partial charge in [-0.2, -0.15) is 0 Å². The topological polar surface area (TPSA) is 66.9 Å². The van der Waals surface area contributed by atoms with Crippen molar-refractivity contribution >= 4 is 23.4 Å². The van der Waals surface area contributed by atoms with Gasteiger partial charge in [0.25, 0.3) is 5.91 Å². The van der Waals surface area contributed by atoms with Crippen molar-refractivity contribution in [3.8, 4) is 0 Å². The summed E-state index contributed by atoms with van der Waals surface area (Å²) in [4.78, 5) is 39.4. The summed E-state index contributed by atoms with van der Waals surface area (Å²) >= 11 is 0. The second-order valence-corrected chi connectivity index (χ2v) is 6.07. The summed E-state index contributed by atoms with van der Waals surface area (Å²) in [5.41, 5.74) is 0.314. The standard InChI is InChI=1S/C17H19FN2O4/c1-11(21)19(10-14-3-2-8-24-14)15-9-16(22)20(17(15)23)13-6-4-12(18)5-7-13/h4-7,14-15H,2-3,8-10H2,1H3. The highest BCUT2D eigenvalue weighted by molar-refractivity contribution is 6.22. The zero-order valence-corrected chi connectivity index (χ0v) is 13.4. The summed E-state index contributed by atoms with van der Waals surface area (Å²) < 4.78 is 18.6. The number of carbonyl (C=O) groups excluding carboxylic acids is 3. The molecule has 0 bridgehead atoms. The van der Waals surface area contributed by atoms with Crippen LogP contribution in [-0.2, 0) is 19.1 Å². The summed E-state index contributed by atoms with van der Waals surface area (Å²) in [5, 5.41) is 0. The molecular weight excluding hydrogens is 315 g/mol. The van der Waals surface area contributed by atoms with Crippen molar-refractivity contribution < 1.29 is 23.5 Å². The molecule has 0 aromatic heterocycles. The number of anilines is 1. The Bertz CT molecular complexity index is 655. The molecule has 2 atom stereocenters. The molecule has 7 heteroatoms. The van der Waals surface area contributed by atoms with Gasteiger partial charge in [-0.05, 0) is 37.1 Å². The lowest BCUT2D eigenvalue weighted by Crippen LogP contribution is -2.47. The van der Waals surface area contributed by atoms with Crippen LogP contribution >= 0.6 is 0 Å². The van der Waals surface area contributed by atoms with E-state index in [0.717, 1.165) is 17.7 Å². The summed E-state index contributed by atoms with van der Waals surface area (Å²) in [6, 6.07) is 4.32. The van der Waals surface area contributed by atoms with Gasteiger partial charge in [-0.1, -0.05) is 0 Å². The van der Waals surface area contributed by atoms with E-state index in [-0.39, 0.29) is 18.4 Å². The smallest absolute Gasteiger partial charge is 0.257 e. The van der Waals surface area contributed by atoms with E-state index in [0.29, 0.717) is 18.8 Å². The minimum absolute atomic E-state index is 0.0670. The lowest BCUT2D eigenvalue weighted by Gasteiger charge is -2.28. The first kappa shape index (κ1) is 16.6. The molecule has 0 N–H and O–H groups in total. The number of ether oxygens (including phenoxy) is 1. The Balaban J connectivity index is 1.80. The van der Waals surface area contributed by atoms with Gasteiger partial charge in [0, 0.05) is 20.1 Å².